The lowest BCUT2D eigenvalue weighted by molar-refractivity contribution is 0.669. The Labute approximate surface area is 369 Å². The lowest BCUT2D eigenvalue weighted by Crippen LogP contribution is -2.10. The van der Waals surface area contributed by atoms with E-state index < -0.39 is 0 Å². The number of furan rings is 1. The normalized spacial score (nSPS) is 11.8. The smallest absolute Gasteiger partial charge is 0.159 e. The molecule has 13 rings (SSSR count). The first-order chi connectivity index (χ1) is 31.7. The van der Waals surface area contributed by atoms with E-state index in [-0.39, 0.29) is 0 Å². The third-order valence-electron chi connectivity index (χ3n) is 12.9. The van der Waals surface area contributed by atoms with Gasteiger partial charge in [0.2, 0.25) is 0 Å². The van der Waals surface area contributed by atoms with E-state index in [0.29, 0.717) is 0 Å². The summed E-state index contributed by atoms with van der Waals surface area (Å²) in [5, 5.41) is 7.22. The number of hydrogen-bond donors (Lipinski definition) is 0. The van der Waals surface area contributed by atoms with Crippen LogP contribution in [0.15, 0.2) is 241 Å². The van der Waals surface area contributed by atoms with E-state index in [9.17, 15) is 0 Å². The Hall–Kier alpha value is -8.60. The van der Waals surface area contributed by atoms with Crippen molar-refractivity contribution in [2.75, 3.05) is 4.90 Å². The van der Waals surface area contributed by atoms with Crippen LogP contribution in [0.2, 0.25) is 0 Å². The van der Waals surface area contributed by atoms with Gasteiger partial charge in [0.25, 0.3) is 0 Å². The molecule has 4 heteroatoms. The second-order valence-corrected chi connectivity index (χ2v) is 16.5. The van der Waals surface area contributed by atoms with Crippen LogP contribution in [0.4, 0.5) is 17.1 Å². The van der Waals surface area contributed by atoms with Gasteiger partial charge in [-0.15, -0.1) is 0 Å². The monoisotopic (exact) mass is 817 g/mol. The first-order valence-corrected chi connectivity index (χ1v) is 21.8. The van der Waals surface area contributed by atoms with Gasteiger partial charge in [0.1, 0.15) is 5.58 Å². The van der Waals surface area contributed by atoms with Gasteiger partial charge in [-0.05, 0) is 107 Å². The van der Waals surface area contributed by atoms with Gasteiger partial charge in [-0.25, -0.2) is 0 Å². The van der Waals surface area contributed by atoms with Gasteiger partial charge in [-0.3, -0.25) is 0 Å². The van der Waals surface area contributed by atoms with Crippen LogP contribution in [0.25, 0.3) is 99.2 Å². The minimum Gasteiger partial charge on any atom is -0.454 e. The van der Waals surface area contributed by atoms with Crippen molar-refractivity contribution >= 4 is 82.6 Å². The Morgan fingerprint density at radius 2 is 0.734 bits per heavy atom. The molecule has 4 nitrogen and oxygen atoms in total. The summed E-state index contributed by atoms with van der Waals surface area (Å²) >= 11 is 0. The van der Waals surface area contributed by atoms with Gasteiger partial charge >= 0.3 is 0 Å². The van der Waals surface area contributed by atoms with Crippen LogP contribution in [0.1, 0.15) is 0 Å². The number of aromatic nitrogens is 2. The fourth-order valence-corrected chi connectivity index (χ4v) is 9.95. The van der Waals surface area contributed by atoms with Crippen molar-refractivity contribution in [3.05, 3.63) is 237 Å². The summed E-state index contributed by atoms with van der Waals surface area (Å²) in [5.74, 6) is 0. The molecule has 0 N–H and O–H groups in total. The van der Waals surface area contributed by atoms with Crippen LogP contribution < -0.4 is 4.90 Å². The summed E-state index contributed by atoms with van der Waals surface area (Å²) in [5.41, 5.74) is 16.6. The Morgan fingerprint density at radius 1 is 0.297 bits per heavy atom. The number of anilines is 3. The molecule has 10 aromatic carbocycles. The third kappa shape index (κ3) is 5.70. The molecule has 300 valence electrons. The van der Waals surface area contributed by atoms with Gasteiger partial charge < -0.3 is 18.5 Å². The highest BCUT2D eigenvalue weighted by atomic mass is 16.3. The molecular formula is C60H39N3O. The lowest BCUT2D eigenvalue weighted by Gasteiger charge is -2.26. The number of hydrogen-bond acceptors (Lipinski definition) is 2. The van der Waals surface area contributed by atoms with E-state index in [1.165, 1.54) is 54.7 Å². The minimum absolute atomic E-state index is 0.858. The highest BCUT2D eigenvalue weighted by Crippen LogP contribution is 2.43. The molecule has 0 amide bonds. The van der Waals surface area contributed by atoms with Crippen LogP contribution in [0.3, 0.4) is 0 Å². The molecule has 3 heterocycles. The first kappa shape index (κ1) is 36.1. The van der Waals surface area contributed by atoms with Gasteiger partial charge in [0.05, 0.1) is 27.8 Å². The molecule has 0 aliphatic rings. The van der Waals surface area contributed by atoms with E-state index in [1.807, 2.05) is 12.1 Å². The molecular weight excluding hydrogens is 779 g/mol. The predicted octanol–water partition coefficient (Wildman–Crippen LogP) is 16.6. The van der Waals surface area contributed by atoms with Crippen molar-refractivity contribution in [3.63, 3.8) is 0 Å². The lowest BCUT2D eigenvalue weighted by atomic mass is 9.99. The molecule has 0 bridgehead atoms. The van der Waals surface area contributed by atoms with Crippen LogP contribution in [-0.4, -0.2) is 9.13 Å². The largest absolute Gasteiger partial charge is 0.454 e. The summed E-state index contributed by atoms with van der Waals surface area (Å²) < 4.78 is 11.4. The second kappa shape index (κ2) is 14.5. The summed E-state index contributed by atoms with van der Waals surface area (Å²) in [6.07, 6.45) is 0. The molecule has 64 heavy (non-hydrogen) atoms. The van der Waals surface area contributed by atoms with Crippen molar-refractivity contribution in [3.8, 4) is 33.6 Å². The van der Waals surface area contributed by atoms with Crippen LogP contribution in [0.5, 0.6) is 0 Å². The SMILES string of the molecule is c1ccc(-n2c3ccccc3c3ccc(-c4ccc(-c5ccc(N(c6ccc(-n7c8ccccc8c8ccccc87)cc6)c6cccc7c6oc6ccccc67)cc5)cc4)cc32)cc1. The van der Waals surface area contributed by atoms with E-state index in [1.54, 1.807) is 0 Å². The zero-order valence-electron chi connectivity index (χ0n) is 34.8. The highest BCUT2D eigenvalue weighted by molar-refractivity contribution is 6.12. The van der Waals surface area contributed by atoms with Gasteiger partial charge in [0, 0.05) is 55.1 Å². The summed E-state index contributed by atoms with van der Waals surface area (Å²) in [6, 6.07) is 85.0. The van der Waals surface area contributed by atoms with E-state index >= 15 is 0 Å². The molecule has 0 aliphatic heterocycles. The molecule has 13 aromatic rings. The van der Waals surface area contributed by atoms with E-state index in [0.717, 1.165) is 61.5 Å². The number of fused-ring (bicyclic) bond motifs is 9. The van der Waals surface area contributed by atoms with Crippen LogP contribution in [-0.2, 0) is 0 Å². The maximum atomic E-state index is 6.65. The molecule has 3 aromatic heterocycles. The first-order valence-electron chi connectivity index (χ1n) is 21.8. The molecule has 0 atom stereocenters. The Balaban J connectivity index is 0.876. The number of benzene rings is 10. The fourth-order valence-electron chi connectivity index (χ4n) is 9.95. The quantitative estimate of drug-likeness (QED) is 0.160. The summed E-state index contributed by atoms with van der Waals surface area (Å²) in [7, 11) is 0. The topological polar surface area (TPSA) is 26.2 Å². The Kier molecular flexibility index (Phi) is 8.18. The molecule has 0 aliphatic carbocycles. The number of rotatable bonds is 7. The average Bonchev–Trinajstić information content (AvgIpc) is 4.03. The van der Waals surface area contributed by atoms with Gasteiger partial charge in [-0.2, -0.15) is 0 Å². The number of para-hydroxylation sites is 6. The second-order valence-electron chi connectivity index (χ2n) is 16.5. The maximum absolute atomic E-state index is 6.65. The van der Waals surface area contributed by atoms with Crippen molar-refractivity contribution < 1.29 is 4.42 Å². The maximum Gasteiger partial charge on any atom is 0.159 e. The standard InChI is InChI=1S/C60H39N3O/c1-2-13-44(14-3-1)63-56-22-10-6-17-50(56)51-38-31-43(39-58(51)63)42-27-25-40(26-28-42)41-29-32-45(33-30-41)61(57-23-12-19-53-52-18-7-11-24-59(52)64-60(53)57)46-34-36-47(37-35-46)62-54-20-8-4-15-48(54)49-16-5-9-21-55(49)62/h1-39H. The van der Waals surface area contributed by atoms with Crippen LogP contribution in [0, 0.1) is 0 Å². The molecule has 0 fully saturated rings. The minimum atomic E-state index is 0.858. The van der Waals surface area contributed by atoms with E-state index in [4.69, 9.17) is 4.42 Å². The van der Waals surface area contributed by atoms with Crippen LogP contribution >= 0.6 is 0 Å². The highest BCUT2D eigenvalue weighted by Gasteiger charge is 2.21. The average molecular weight is 818 g/mol. The molecule has 0 saturated heterocycles. The molecule has 0 radical (unpaired) electrons. The number of nitrogens with zero attached hydrogens (tertiary/aromatic N) is 3. The Morgan fingerprint density at radius 3 is 1.36 bits per heavy atom. The fraction of sp³-hybridized carbons (Fsp3) is 0. The van der Waals surface area contributed by atoms with E-state index in [2.05, 4.69) is 238 Å². The molecule has 0 saturated carbocycles. The van der Waals surface area contributed by atoms with Crippen molar-refractivity contribution in [2.45, 2.75) is 0 Å². The van der Waals surface area contributed by atoms with Crippen molar-refractivity contribution in [1.82, 2.24) is 9.13 Å². The molecule has 0 spiro atoms. The molecule has 0 unspecified atom stereocenters. The zero-order chi connectivity index (χ0) is 42.1. The summed E-state index contributed by atoms with van der Waals surface area (Å²) in [4.78, 5) is 2.32. The van der Waals surface area contributed by atoms with Crippen molar-refractivity contribution in [1.29, 1.82) is 0 Å². The predicted molar refractivity (Wildman–Crippen MR) is 268 cm³/mol. The van der Waals surface area contributed by atoms with Crippen molar-refractivity contribution in [2.24, 2.45) is 0 Å². The van der Waals surface area contributed by atoms with Gasteiger partial charge in [0.15, 0.2) is 5.58 Å². The zero-order valence-corrected chi connectivity index (χ0v) is 34.8. The third-order valence-corrected chi connectivity index (χ3v) is 12.9. The summed E-state index contributed by atoms with van der Waals surface area (Å²) in [6.45, 7) is 0. The Bertz CT molecular complexity index is 3820. The van der Waals surface area contributed by atoms with Gasteiger partial charge in [-0.1, -0.05) is 152 Å².